The quantitative estimate of drug-likeness (QED) is 0.369. The van der Waals surface area contributed by atoms with Gasteiger partial charge in [0.1, 0.15) is 17.3 Å². The molecular weight excluding hydrogens is 444 g/mol. The molecule has 0 aliphatic heterocycles. The van der Waals surface area contributed by atoms with Gasteiger partial charge in [-0.25, -0.2) is 19.9 Å². The Labute approximate surface area is 201 Å². The molecule has 0 atom stereocenters. The van der Waals surface area contributed by atoms with E-state index in [1.165, 1.54) is 6.92 Å². The number of aromatic nitrogens is 6. The van der Waals surface area contributed by atoms with E-state index >= 15 is 0 Å². The number of hydrogen-bond acceptors (Lipinski definition) is 8. The summed E-state index contributed by atoms with van der Waals surface area (Å²) in [5.74, 6) is 2.01. The van der Waals surface area contributed by atoms with E-state index in [9.17, 15) is 4.79 Å². The van der Waals surface area contributed by atoms with E-state index < -0.39 is 0 Å². The highest BCUT2D eigenvalue weighted by molar-refractivity contribution is 5.89. The van der Waals surface area contributed by atoms with Gasteiger partial charge in [0, 0.05) is 31.1 Å². The summed E-state index contributed by atoms with van der Waals surface area (Å²) in [6.45, 7) is 2.00. The lowest BCUT2D eigenvalue weighted by molar-refractivity contribution is -0.114. The summed E-state index contributed by atoms with van der Waals surface area (Å²) in [6, 6.07) is 17.0. The second-order valence-electron chi connectivity index (χ2n) is 7.74. The Kier molecular flexibility index (Phi) is 6.00. The van der Waals surface area contributed by atoms with Crippen LogP contribution >= 0.6 is 0 Å². The fourth-order valence-corrected chi connectivity index (χ4v) is 3.58. The molecule has 4 aromatic heterocycles. The molecule has 1 aromatic carbocycles. The third kappa shape index (κ3) is 4.91. The fourth-order valence-electron chi connectivity index (χ4n) is 3.58. The SMILES string of the molecule is COc1ccc(Cn2cnc3c(Nc4ccnc(NC(C)=O)c4)nc(-c4ccccn4)nc32)cc1. The van der Waals surface area contributed by atoms with Crippen molar-refractivity contribution >= 4 is 34.4 Å². The highest BCUT2D eigenvalue weighted by Crippen LogP contribution is 2.27. The first-order valence-electron chi connectivity index (χ1n) is 10.9. The van der Waals surface area contributed by atoms with Crippen molar-refractivity contribution in [1.82, 2.24) is 29.5 Å². The summed E-state index contributed by atoms with van der Waals surface area (Å²) in [7, 11) is 1.64. The largest absolute Gasteiger partial charge is 0.497 e. The van der Waals surface area contributed by atoms with Gasteiger partial charge >= 0.3 is 0 Å². The van der Waals surface area contributed by atoms with Crippen molar-refractivity contribution < 1.29 is 9.53 Å². The van der Waals surface area contributed by atoms with Crippen molar-refractivity contribution in [1.29, 1.82) is 0 Å². The van der Waals surface area contributed by atoms with Crippen molar-refractivity contribution in [2.45, 2.75) is 13.5 Å². The summed E-state index contributed by atoms with van der Waals surface area (Å²) in [5, 5.41) is 5.98. The Morgan fingerprint density at radius 3 is 2.60 bits per heavy atom. The number of imidazole rings is 1. The van der Waals surface area contributed by atoms with Crippen LogP contribution in [0, 0.1) is 0 Å². The number of pyridine rings is 2. The fraction of sp³-hybridized carbons (Fsp3) is 0.120. The molecule has 0 unspecified atom stereocenters. The van der Waals surface area contributed by atoms with Crippen LogP contribution in [0.2, 0.25) is 0 Å². The number of benzene rings is 1. The van der Waals surface area contributed by atoms with E-state index in [2.05, 4.69) is 25.6 Å². The number of fused-ring (bicyclic) bond motifs is 1. The number of hydrogen-bond donors (Lipinski definition) is 2. The van der Waals surface area contributed by atoms with E-state index in [-0.39, 0.29) is 5.91 Å². The third-order valence-corrected chi connectivity index (χ3v) is 5.20. The molecule has 10 nitrogen and oxygen atoms in total. The minimum atomic E-state index is -0.200. The lowest BCUT2D eigenvalue weighted by Gasteiger charge is -2.11. The van der Waals surface area contributed by atoms with E-state index in [0.717, 1.165) is 11.3 Å². The first kappa shape index (κ1) is 22.0. The van der Waals surface area contributed by atoms with Gasteiger partial charge in [-0.2, -0.15) is 0 Å². The lowest BCUT2D eigenvalue weighted by Crippen LogP contribution is -2.08. The van der Waals surface area contributed by atoms with Crippen LogP contribution < -0.4 is 15.4 Å². The Bertz CT molecular complexity index is 1480. The van der Waals surface area contributed by atoms with Crippen LogP contribution in [0.5, 0.6) is 5.75 Å². The third-order valence-electron chi connectivity index (χ3n) is 5.20. The highest BCUT2D eigenvalue weighted by atomic mass is 16.5. The van der Waals surface area contributed by atoms with Crippen molar-refractivity contribution in [3.05, 3.63) is 78.9 Å². The molecule has 174 valence electrons. The molecule has 0 fully saturated rings. The van der Waals surface area contributed by atoms with Gasteiger partial charge in [0.25, 0.3) is 0 Å². The number of amides is 1. The molecule has 2 N–H and O–H groups in total. The number of nitrogens with zero attached hydrogens (tertiary/aromatic N) is 6. The summed E-state index contributed by atoms with van der Waals surface area (Å²) >= 11 is 0. The molecular formula is C25H22N8O2. The second-order valence-corrected chi connectivity index (χ2v) is 7.74. The summed E-state index contributed by atoms with van der Waals surface area (Å²) in [6.07, 6.45) is 5.05. The number of anilines is 3. The van der Waals surface area contributed by atoms with Crippen LogP contribution in [0.1, 0.15) is 12.5 Å². The average molecular weight is 467 g/mol. The van der Waals surface area contributed by atoms with Gasteiger partial charge in [-0.05, 0) is 35.9 Å². The molecule has 0 saturated heterocycles. The molecule has 35 heavy (non-hydrogen) atoms. The van der Waals surface area contributed by atoms with Crippen LogP contribution in [0.15, 0.2) is 73.3 Å². The molecule has 0 aliphatic rings. The molecule has 0 radical (unpaired) electrons. The standard InChI is InChI=1S/C25H22N8O2/c1-16(34)29-21-13-18(10-12-27-21)30-24-22-25(32-23(31-24)20-5-3-4-11-26-20)33(15-28-22)14-17-6-8-19(35-2)9-7-17/h3-13,15H,14H2,1-2H3,(H2,27,29,30,31,32,34). The van der Waals surface area contributed by atoms with Gasteiger partial charge < -0.3 is 19.9 Å². The first-order chi connectivity index (χ1) is 17.1. The maximum atomic E-state index is 11.4. The summed E-state index contributed by atoms with van der Waals surface area (Å²) < 4.78 is 7.22. The Hall–Kier alpha value is -4.86. The van der Waals surface area contributed by atoms with Crippen LogP contribution in [0.4, 0.5) is 17.3 Å². The summed E-state index contributed by atoms with van der Waals surface area (Å²) in [5.41, 5.74) is 3.68. The van der Waals surface area contributed by atoms with Gasteiger partial charge in [-0.3, -0.25) is 9.78 Å². The second kappa shape index (κ2) is 9.56. The molecule has 0 spiro atoms. The normalized spacial score (nSPS) is 10.8. The van der Waals surface area contributed by atoms with Crippen molar-refractivity contribution in [2.24, 2.45) is 0 Å². The first-order valence-corrected chi connectivity index (χ1v) is 10.9. The number of carbonyl (C=O) groups is 1. The topological polar surface area (TPSA) is 120 Å². The lowest BCUT2D eigenvalue weighted by atomic mass is 10.2. The van der Waals surface area contributed by atoms with Crippen molar-refractivity contribution in [3.63, 3.8) is 0 Å². The Morgan fingerprint density at radius 2 is 1.86 bits per heavy atom. The maximum Gasteiger partial charge on any atom is 0.222 e. The minimum Gasteiger partial charge on any atom is -0.497 e. The van der Waals surface area contributed by atoms with Crippen molar-refractivity contribution in [2.75, 3.05) is 17.7 Å². The summed E-state index contributed by atoms with van der Waals surface area (Å²) in [4.78, 5) is 34.1. The zero-order valence-electron chi connectivity index (χ0n) is 19.1. The van der Waals surface area contributed by atoms with E-state index in [1.807, 2.05) is 47.0 Å². The predicted molar refractivity (Wildman–Crippen MR) is 132 cm³/mol. The number of carbonyl (C=O) groups excluding carboxylic acids is 1. The molecule has 4 heterocycles. The van der Waals surface area contributed by atoms with Crippen LogP contribution in [0.3, 0.4) is 0 Å². The van der Waals surface area contributed by atoms with Gasteiger partial charge in [-0.15, -0.1) is 0 Å². The number of rotatable bonds is 7. The zero-order valence-corrected chi connectivity index (χ0v) is 19.1. The van der Waals surface area contributed by atoms with E-state index in [1.54, 1.807) is 38.0 Å². The Morgan fingerprint density at radius 1 is 1.00 bits per heavy atom. The zero-order chi connectivity index (χ0) is 24.2. The molecule has 10 heteroatoms. The van der Waals surface area contributed by atoms with Crippen LogP contribution in [-0.2, 0) is 11.3 Å². The van der Waals surface area contributed by atoms with Crippen LogP contribution in [0.25, 0.3) is 22.7 Å². The molecule has 0 saturated carbocycles. The smallest absolute Gasteiger partial charge is 0.222 e. The Balaban J connectivity index is 1.56. The van der Waals surface area contributed by atoms with Crippen molar-refractivity contribution in [3.8, 4) is 17.3 Å². The van der Waals surface area contributed by atoms with Gasteiger partial charge in [-0.1, -0.05) is 18.2 Å². The molecule has 5 aromatic rings. The highest BCUT2D eigenvalue weighted by Gasteiger charge is 2.16. The number of ether oxygens (including phenoxy) is 1. The van der Waals surface area contributed by atoms with Gasteiger partial charge in [0.15, 0.2) is 22.8 Å². The number of methoxy groups -OCH3 is 1. The van der Waals surface area contributed by atoms with E-state index in [4.69, 9.17) is 14.7 Å². The number of nitrogens with one attached hydrogen (secondary N) is 2. The monoisotopic (exact) mass is 466 g/mol. The van der Waals surface area contributed by atoms with Crippen LogP contribution in [-0.4, -0.2) is 42.5 Å². The average Bonchev–Trinajstić information content (AvgIpc) is 3.28. The molecule has 5 rings (SSSR count). The van der Waals surface area contributed by atoms with E-state index in [0.29, 0.717) is 46.6 Å². The minimum absolute atomic E-state index is 0.200. The molecule has 0 bridgehead atoms. The predicted octanol–water partition coefficient (Wildman–Crippen LogP) is 4.04. The maximum absolute atomic E-state index is 11.4. The molecule has 0 aliphatic carbocycles. The van der Waals surface area contributed by atoms with Gasteiger partial charge in [0.2, 0.25) is 5.91 Å². The molecule has 1 amide bonds. The van der Waals surface area contributed by atoms with Gasteiger partial charge in [0.05, 0.1) is 20.0 Å².